The summed E-state index contributed by atoms with van der Waals surface area (Å²) in [6.07, 6.45) is 3.67. The van der Waals surface area contributed by atoms with Crippen LogP contribution in [0.15, 0.2) is 48.5 Å². The van der Waals surface area contributed by atoms with Gasteiger partial charge >= 0.3 is 0 Å². The van der Waals surface area contributed by atoms with Gasteiger partial charge in [-0.3, -0.25) is 9.59 Å². The van der Waals surface area contributed by atoms with Gasteiger partial charge < -0.3 is 20.4 Å². The average Bonchev–Trinajstić information content (AvgIpc) is 3.36. The fraction of sp³-hybridized carbons (Fsp3) is 0.444. The van der Waals surface area contributed by atoms with Crippen LogP contribution < -0.4 is 15.5 Å². The molecule has 2 N–H and O–H groups in total. The SMILES string of the molecule is CC(C)C(=O)N1CCN(c2c(Cl)cccc2NC(=S)NC(=O)C2(c3ccccc3)CCCC2)CC1. The van der Waals surface area contributed by atoms with E-state index in [9.17, 15) is 9.59 Å². The van der Waals surface area contributed by atoms with Gasteiger partial charge in [0.05, 0.1) is 21.8 Å². The lowest BCUT2D eigenvalue weighted by atomic mass is 9.78. The summed E-state index contributed by atoms with van der Waals surface area (Å²) < 4.78 is 0. The number of piperazine rings is 1. The van der Waals surface area contributed by atoms with Gasteiger partial charge in [-0.2, -0.15) is 0 Å². The molecule has 0 radical (unpaired) electrons. The van der Waals surface area contributed by atoms with Crippen molar-refractivity contribution in [2.24, 2.45) is 5.92 Å². The molecule has 2 fully saturated rings. The Morgan fingerprint density at radius 1 is 0.971 bits per heavy atom. The van der Waals surface area contributed by atoms with E-state index in [4.69, 9.17) is 23.8 Å². The minimum atomic E-state index is -0.552. The number of thiocarbonyl (C=S) groups is 1. The molecule has 1 heterocycles. The largest absolute Gasteiger partial charge is 0.365 e. The van der Waals surface area contributed by atoms with E-state index in [1.165, 1.54) is 0 Å². The van der Waals surface area contributed by atoms with Crippen molar-refractivity contribution in [1.82, 2.24) is 10.2 Å². The number of nitrogens with zero attached hydrogens (tertiary/aromatic N) is 2. The van der Waals surface area contributed by atoms with Gasteiger partial charge in [0.15, 0.2) is 5.11 Å². The van der Waals surface area contributed by atoms with E-state index in [1.807, 2.05) is 67.3 Å². The molecule has 0 bridgehead atoms. The quantitative estimate of drug-likeness (QED) is 0.554. The number of anilines is 2. The van der Waals surface area contributed by atoms with Gasteiger partial charge in [-0.25, -0.2) is 0 Å². The average molecular weight is 513 g/mol. The first-order chi connectivity index (χ1) is 16.8. The third-order valence-corrected chi connectivity index (χ3v) is 7.59. The van der Waals surface area contributed by atoms with Crippen molar-refractivity contribution in [2.75, 3.05) is 36.4 Å². The number of hydrogen-bond donors (Lipinski definition) is 2. The van der Waals surface area contributed by atoms with Crippen LogP contribution in [0.25, 0.3) is 0 Å². The highest BCUT2D eigenvalue weighted by atomic mass is 35.5. The van der Waals surface area contributed by atoms with Crippen LogP contribution in [0.5, 0.6) is 0 Å². The van der Waals surface area contributed by atoms with Gasteiger partial charge in [0.2, 0.25) is 11.8 Å². The molecule has 8 heteroatoms. The Balaban J connectivity index is 1.46. The number of para-hydroxylation sites is 1. The summed E-state index contributed by atoms with van der Waals surface area (Å²) in [6, 6.07) is 15.6. The van der Waals surface area contributed by atoms with Gasteiger partial charge in [0, 0.05) is 32.1 Å². The first-order valence-corrected chi connectivity index (χ1v) is 13.1. The Labute approximate surface area is 218 Å². The normalized spacial score (nSPS) is 17.4. The maximum atomic E-state index is 13.5. The van der Waals surface area contributed by atoms with Crippen LogP contribution in [0.3, 0.4) is 0 Å². The number of hydrogen-bond acceptors (Lipinski definition) is 4. The molecular weight excluding hydrogens is 480 g/mol. The summed E-state index contributed by atoms with van der Waals surface area (Å²) in [5.74, 6) is 0.0903. The van der Waals surface area contributed by atoms with Crippen LogP contribution in [-0.4, -0.2) is 48.0 Å². The molecule has 1 saturated heterocycles. The van der Waals surface area contributed by atoms with E-state index in [0.717, 1.165) is 42.6 Å². The molecule has 186 valence electrons. The second-order valence-electron chi connectivity index (χ2n) is 9.67. The molecule has 4 rings (SSSR count). The Morgan fingerprint density at radius 2 is 1.63 bits per heavy atom. The maximum Gasteiger partial charge on any atom is 0.236 e. The van der Waals surface area contributed by atoms with E-state index in [2.05, 4.69) is 15.5 Å². The molecule has 1 aliphatic heterocycles. The lowest BCUT2D eigenvalue weighted by Gasteiger charge is -2.38. The molecule has 0 aromatic heterocycles. The molecule has 1 saturated carbocycles. The van der Waals surface area contributed by atoms with Crippen LogP contribution in [0.1, 0.15) is 45.1 Å². The van der Waals surface area contributed by atoms with E-state index >= 15 is 0 Å². The fourth-order valence-electron chi connectivity index (χ4n) is 5.21. The second kappa shape index (κ2) is 11.0. The van der Waals surface area contributed by atoms with Crippen molar-refractivity contribution in [3.8, 4) is 0 Å². The molecular formula is C27H33ClN4O2S. The Bertz CT molecular complexity index is 1080. The molecule has 6 nitrogen and oxygen atoms in total. The summed E-state index contributed by atoms with van der Waals surface area (Å²) in [7, 11) is 0. The van der Waals surface area contributed by atoms with Crippen molar-refractivity contribution in [3.05, 3.63) is 59.1 Å². The number of rotatable bonds is 5. The zero-order valence-electron chi connectivity index (χ0n) is 20.4. The highest BCUT2D eigenvalue weighted by molar-refractivity contribution is 7.80. The topological polar surface area (TPSA) is 64.7 Å². The molecule has 0 atom stereocenters. The van der Waals surface area contributed by atoms with Gasteiger partial charge in [-0.1, -0.05) is 74.7 Å². The van der Waals surface area contributed by atoms with Gasteiger partial charge in [-0.05, 0) is 42.8 Å². The van der Waals surface area contributed by atoms with E-state index < -0.39 is 5.41 Å². The van der Waals surface area contributed by atoms with Crippen molar-refractivity contribution < 1.29 is 9.59 Å². The maximum absolute atomic E-state index is 13.5. The van der Waals surface area contributed by atoms with Crippen LogP contribution in [0.4, 0.5) is 11.4 Å². The first kappa shape index (κ1) is 25.5. The lowest BCUT2D eigenvalue weighted by molar-refractivity contribution is -0.134. The summed E-state index contributed by atoms with van der Waals surface area (Å²) in [4.78, 5) is 29.9. The number of carbonyl (C=O) groups excluding carboxylic acids is 2. The summed E-state index contributed by atoms with van der Waals surface area (Å²) in [5.41, 5.74) is 2.06. The number of amides is 2. The lowest BCUT2D eigenvalue weighted by Crippen LogP contribution is -2.50. The molecule has 2 aromatic carbocycles. The second-order valence-corrected chi connectivity index (χ2v) is 10.5. The smallest absolute Gasteiger partial charge is 0.236 e. The fourth-order valence-corrected chi connectivity index (χ4v) is 5.71. The molecule has 1 aliphatic carbocycles. The van der Waals surface area contributed by atoms with E-state index in [0.29, 0.717) is 31.2 Å². The van der Waals surface area contributed by atoms with Crippen LogP contribution >= 0.6 is 23.8 Å². The Morgan fingerprint density at radius 3 is 2.26 bits per heavy atom. The molecule has 2 amide bonds. The van der Waals surface area contributed by atoms with Crippen LogP contribution in [-0.2, 0) is 15.0 Å². The third kappa shape index (κ3) is 5.46. The van der Waals surface area contributed by atoms with E-state index in [1.54, 1.807) is 0 Å². The predicted molar refractivity (Wildman–Crippen MR) is 146 cm³/mol. The number of nitrogens with one attached hydrogen (secondary N) is 2. The summed E-state index contributed by atoms with van der Waals surface area (Å²) >= 11 is 12.2. The first-order valence-electron chi connectivity index (χ1n) is 12.3. The number of benzene rings is 2. The number of halogens is 1. The molecule has 0 spiro atoms. The highest BCUT2D eigenvalue weighted by Crippen LogP contribution is 2.41. The monoisotopic (exact) mass is 512 g/mol. The van der Waals surface area contributed by atoms with Gasteiger partial charge in [0.25, 0.3) is 0 Å². The standard InChI is InChI=1S/C27H33ClN4O2S/c1-19(2)24(33)32-17-15-31(16-18-32)23-21(28)11-8-12-22(23)29-26(35)30-25(34)27(13-6-7-14-27)20-9-4-3-5-10-20/h3-5,8-12,19H,6-7,13-18H2,1-2H3,(H2,29,30,34,35). The van der Waals surface area contributed by atoms with Crippen LogP contribution in [0, 0.1) is 5.92 Å². The van der Waals surface area contributed by atoms with Crippen molar-refractivity contribution in [1.29, 1.82) is 0 Å². The molecule has 35 heavy (non-hydrogen) atoms. The summed E-state index contributed by atoms with van der Waals surface area (Å²) in [5, 5.41) is 7.04. The highest BCUT2D eigenvalue weighted by Gasteiger charge is 2.43. The minimum Gasteiger partial charge on any atom is -0.365 e. The van der Waals surface area contributed by atoms with Gasteiger partial charge in [-0.15, -0.1) is 0 Å². The minimum absolute atomic E-state index is 0.0147. The van der Waals surface area contributed by atoms with Crippen molar-refractivity contribution in [3.63, 3.8) is 0 Å². The van der Waals surface area contributed by atoms with E-state index in [-0.39, 0.29) is 22.8 Å². The Hall–Kier alpha value is -2.64. The van der Waals surface area contributed by atoms with Gasteiger partial charge in [0.1, 0.15) is 0 Å². The third-order valence-electron chi connectivity index (χ3n) is 7.08. The molecule has 2 aliphatic rings. The Kier molecular flexibility index (Phi) is 7.97. The zero-order chi connectivity index (χ0) is 25.0. The van der Waals surface area contributed by atoms with Crippen LogP contribution in [0.2, 0.25) is 5.02 Å². The molecule has 0 unspecified atom stereocenters. The number of carbonyl (C=O) groups is 2. The molecule has 2 aromatic rings. The predicted octanol–water partition coefficient (Wildman–Crippen LogP) is 4.97. The summed E-state index contributed by atoms with van der Waals surface area (Å²) in [6.45, 7) is 6.48. The zero-order valence-corrected chi connectivity index (χ0v) is 21.9. The van der Waals surface area contributed by atoms with Crippen molar-refractivity contribution in [2.45, 2.75) is 44.9 Å². The van der Waals surface area contributed by atoms with Crippen molar-refractivity contribution >= 4 is 52.1 Å².